The fourth-order valence-corrected chi connectivity index (χ4v) is 3.52. The predicted molar refractivity (Wildman–Crippen MR) is 94.9 cm³/mol. The molecule has 23 heavy (non-hydrogen) atoms. The summed E-state index contributed by atoms with van der Waals surface area (Å²) in [4.78, 5) is 14.8. The molecular formula is C19H22N4. The molecule has 1 aliphatic rings. The van der Waals surface area contributed by atoms with Crippen molar-refractivity contribution in [1.29, 1.82) is 0 Å². The quantitative estimate of drug-likeness (QED) is 0.793. The van der Waals surface area contributed by atoms with Crippen LogP contribution in [0.3, 0.4) is 0 Å². The number of hydrogen-bond acceptors (Lipinski definition) is 3. The zero-order chi connectivity index (χ0) is 15.8. The lowest BCUT2D eigenvalue weighted by atomic mass is 9.98. The Kier molecular flexibility index (Phi) is 3.52. The van der Waals surface area contributed by atoms with E-state index in [0.29, 0.717) is 0 Å². The number of aromatic amines is 1. The minimum atomic E-state index is 0.787. The van der Waals surface area contributed by atoms with Gasteiger partial charge in [0.05, 0.1) is 5.52 Å². The third kappa shape index (κ3) is 2.48. The third-order valence-corrected chi connectivity index (χ3v) is 4.70. The average Bonchev–Trinajstić information content (AvgIpc) is 3.16. The van der Waals surface area contributed by atoms with Crippen molar-refractivity contribution in [2.24, 2.45) is 0 Å². The van der Waals surface area contributed by atoms with Gasteiger partial charge in [0.25, 0.3) is 0 Å². The van der Waals surface area contributed by atoms with Gasteiger partial charge in [0, 0.05) is 31.0 Å². The number of anilines is 1. The zero-order valence-corrected chi connectivity index (χ0v) is 13.8. The summed E-state index contributed by atoms with van der Waals surface area (Å²) in [6.07, 6.45) is 6.49. The Morgan fingerprint density at radius 3 is 3.04 bits per heavy atom. The predicted octanol–water partition coefficient (Wildman–Crippen LogP) is 3.96. The smallest absolute Gasteiger partial charge is 0.178 e. The van der Waals surface area contributed by atoms with Gasteiger partial charge in [-0.3, -0.25) is 0 Å². The van der Waals surface area contributed by atoms with E-state index in [2.05, 4.69) is 46.0 Å². The van der Waals surface area contributed by atoms with E-state index in [0.717, 1.165) is 36.4 Å². The van der Waals surface area contributed by atoms with Crippen molar-refractivity contribution in [2.75, 3.05) is 18.5 Å². The van der Waals surface area contributed by atoms with Crippen LogP contribution in [-0.4, -0.2) is 28.5 Å². The van der Waals surface area contributed by atoms with Gasteiger partial charge in [-0.1, -0.05) is 13.3 Å². The minimum absolute atomic E-state index is 0.787. The van der Waals surface area contributed by atoms with Crippen LogP contribution in [0.25, 0.3) is 22.6 Å². The molecule has 118 valence electrons. The molecule has 3 heterocycles. The van der Waals surface area contributed by atoms with E-state index >= 15 is 0 Å². The highest BCUT2D eigenvalue weighted by Crippen LogP contribution is 2.35. The molecule has 1 N–H and O–H groups in total. The molecule has 0 saturated heterocycles. The molecule has 4 rings (SSSR count). The summed E-state index contributed by atoms with van der Waals surface area (Å²) in [5, 5.41) is 0. The lowest BCUT2D eigenvalue weighted by Crippen LogP contribution is -2.14. The first-order chi connectivity index (χ1) is 11.3. The monoisotopic (exact) mass is 306 g/mol. The number of aromatic nitrogens is 3. The molecule has 0 bridgehead atoms. The number of unbranched alkanes of at least 4 members (excludes halogenated alkanes) is 1. The van der Waals surface area contributed by atoms with Crippen LogP contribution in [0.4, 0.5) is 5.69 Å². The van der Waals surface area contributed by atoms with Gasteiger partial charge in [0.2, 0.25) is 0 Å². The van der Waals surface area contributed by atoms with E-state index < -0.39 is 0 Å². The topological polar surface area (TPSA) is 44.8 Å². The van der Waals surface area contributed by atoms with E-state index in [4.69, 9.17) is 0 Å². The third-order valence-electron chi connectivity index (χ3n) is 4.70. The molecule has 0 aliphatic carbocycles. The van der Waals surface area contributed by atoms with Crippen LogP contribution in [0.15, 0.2) is 30.5 Å². The van der Waals surface area contributed by atoms with Crippen molar-refractivity contribution in [3.05, 3.63) is 41.6 Å². The highest BCUT2D eigenvalue weighted by atomic mass is 15.1. The molecule has 0 amide bonds. The van der Waals surface area contributed by atoms with Crippen LogP contribution in [0.1, 0.15) is 30.9 Å². The molecule has 4 heteroatoms. The summed E-state index contributed by atoms with van der Waals surface area (Å²) < 4.78 is 0. The van der Waals surface area contributed by atoms with Crippen LogP contribution in [0.5, 0.6) is 0 Å². The second-order valence-electron chi connectivity index (χ2n) is 6.38. The number of nitrogens with zero attached hydrogens (tertiary/aromatic N) is 3. The minimum Gasteiger partial charge on any atom is -0.374 e. The van der Waals surface area contributed by atoms with Crippen molar-refractivity contribution in [1.82, 2.24) is 15.0 Å². The zero-order valence-electron chi connectivity index (χ0n) is 13.8. The Hall–Kier alpha value is -2.36. The second-order valence-corrected chi connectivity index (χ2v) is 6.38. The molecule has 4 nitrogen and oxygen atoms in total. The van der Waals surface area contributed by atoms with Crippen molar-refractivity contribution in [2.45, 2.75) is 32.6 Å². The first-order valence-corrected chi connectivity index (χ1v) is 8.44. The van der Waals surface area contributed by atoms with Gasteiger partial charge in [-0.05, 0) is 54.7 Å². The van der Waals surface area contributed by atoms with Gasteiger partial charge < -0.3 is 9.88 Å². The highest BCUT2D eigenvalue weighted by molar-refractivity contribution is 5.78. The number of H-pyrrole nitrogens is 1. The van der Waals surface area contributed by atoms with Gasteiger partial charge in [0.1, 0.15) is 5.82 Å². The van der Waals surface area contributed by atoms with Gasteiger partial charge in [0.15, 0.2) is 5.65 Å². The van der Waals surface area contributed by atoms with Gasteiger partial charge >= 0.3 is 0 Å². The number of rotatable bonds is 4. The normalized spacial score (nSPS) is 13.7. The molecule has 2 aromatic heterocycles. The summed E-state index contributed by atoms with van der Waals surface area (Å²) in [6.45, 7) is 3.36. The second kappa shape index (κ2) is 5.69. The lowest BCUT2D eigenvalue weighted by Gasteiger charge is -2.18. The maximum Gasteiger partial charge on any atom is 0.178 e. The van der Waals surface area contributed by atoms with E-state index in [-0.39, 0.29) is 0 Å². The number of benzene rings is 1. The molecule has 0 saturated carbocycles. The standard InChI is InChI=1S/C19H22N4/c1-3-4-6-13-11-15(12-14-8-10-23(2)17(13)14)18-21-16-7-5-9-20-19(16)22-18/h5,7,9,11-12H,3-4,6,8,10H2,1-2H3,(H,20,21,22). The Labute approximate surface area is 136 Å². The molecule has 0 fully saturated rings. The molecule has 0 radical (unpaired) electrons. The molecular weight excluding hydrogens is 284 g/mol. The first-order valence-electron chi connectivity index (χ1n) is 8.44. The van der Waals surface area contributed by atoms with E-state index in [1.165, 1.54) is 35.2 Å². The van der Waals surface area contributed by atoms with E-state index in [1.54, 1.807) is 6.20 Å². The van der Waals surface area contributed by atoms with Crippen molar-refractivity contribution >= 4 is 16.9 Å². The largest absolute Gasteiger partial charge is 0.374 e. The maximum absolute atomic E-state index is 4.67. The molecule has 1 aliphatic heterocycles. The summed E-state index contributed by atoms with van der Waals surface area (Å²) in [5.41, 5.74) is 7.31. The van der Waals surface area contributed by atoms with Crippen LogP contribution >= 0.6 is 0 Å². The number of nitrogens with one attached hydrogen (secondary N) is 1. The number of likely N-dealkylation sites (N-methyl/N-ethyl adjacent to an activating group) is 1. The number of aryl methyl sites for hydroxylation is 1. The lowest BCUT2D eigenvalue weighted by molar-refractivity contribution is 0.793. The van der Waals surface area contributed by atoms with Crippen molar-refractivity contribution in [3.63, 3.8) is 0 Å². The average molecular weight is 306 g/mol. The van der Waals surface area contributed by atoms with Gasteiger partial charge in [-0.15, -0.1) is 0 Å². The maximum atomic E-state index is 4.67. The van der Waals surface area contributed by atoms with Crippen molar-refractivity contribution < 1.29 is 0 Å². The number of imidazole rings is 1. The Morgan fingerprint density at radius 1 is 1.30 bits per heavy atom. The summed E-state index contributed by atoms with van der Waals surface area (Å²) in [6, 6.07) is 8.58. The molecule has 1 aromatic carbocycles. The number of fused-ring (bicyclic) bond motifs is 2. The first kappa shape index (κ1) is 14.2. The Balaban J connectivity index is 1.82. The Morgan fingerprint density at radius 2 is 2.22 bits per heavy atom. The van der Waals surface area contributed by atoms with Gasteiger partial charge in [-0.2, -0.15) is 0 Å². The molecule has 0 unspecified atom stereocenters. The molecule has 3 aromatic rings. The number of hydrogen-bond donors (Lipinski definition) is 1. The summed E-state index contributed by atoms with van der Waals surface area (Å²) >= 11 is 0. The number of pyridine rings is 1. The highest BCUT2D eigenvalue weighted by Gasteiger charge is 2.21. The van der Waals surface area contributed by atoms with Crippen LogP contribution < -0.4 is 4.90 Å². The summed E-state index contributed by atoms with van der Waals surface area (Å²) in [5.74, 6) is 0.925. The molecule has 0 spiro atoms. The van der Waals surface area contributed by atoms with Crippen LogP contribution in [0, 0.1) is 0 Å². The summed E-state index contributed by atoms with van der Waals surface area (Å²) in [7, 11) is 2.20. The SMILES string of the molecule is CCCCc1cc(-c2nc3ncccc3[nH]2)cc2c1N(C)CC2. The fourth-order valence-electron chi connectivity index (χ4n) is 3.52. The fraction of sp³-hybridized carbons (Fsp3) is 0.368. The molecule has 0 atom stereocenters. The van der Waals surface area contributed by atoms with Gasteiger partial charge in [-0.25, -0.2) is 9.97 Å². The van der Waals surface area contributed by atoms with Crippen LogP contribution in [-0.2, 0) is 12.8 Å². The Bertz CT molecular complexity index is 817. The van der Waals surface area contributed by atoms with E-state index in [1.807, 2.05) is 12.1 Å². The van der Waals surface area contributed by atoms with E-state index in [9.17, 15) is 0 Å². The van der Waals surface area contributed by atoms with Crippen LogP contribution in [0.2, 0.25) is 0 Å². The van der Waals surface area contributed by atoms with Crippen molar-refractivity contribution in [3.8, 4) is 11.4 Å².